The van der Waals surface area contributed by atoms with Gasteiger partial charge in [0, 0.05) is 12.0 Å². The van der Waals surface area contributed by atoms with E-state index in [0.29, 0.717) is 0 Å². The van der Waals surface area contributed by atoms with Gasteiger partial charge in [0.1, 0.15) is 12.4 Å². The largest absolute Gasteiger partial charge is 0.508 e. The second kappa shape index (κ2) is 8.31. The van der Waals surface area contributed by atoms with E-state index in [1.807, 2.05) is 50.2 Å². The smallest absolute Gasteiger partial charge is 0.330 e. The molecule has 24 heavy (non-hydrogen) atoms. The fourth-order valence-electron chi connectivity index (χ4n) is 2.32. The second-order valence-electron chi connectivity index (χ2n) is 5.90. The van der Waals surface area contributed by atoms with Crippen molar-refractivity contribution in [3.05, 3.63) is 65.7 Å². The highest BCUT2D eigenvalue weighted by molar-refractivity contribution is 5.82. The van der Waals surface area contributed by atoms with Crippen molar-refractivity contribution in [2.24, 2.45) is 0 Å². The maximum Gasteiger partial charge on any atom is 0.330 e. The van der Waals surface area contributed by atoms with Gasteiger partial charge in [-0.3, -0.25) is 0 Å². The van der Waals surface area contributed by atoms with Gasteiger partial charge in [-0.15, -0.1) is 0 Å². The number of aromatic hydroxyl groups is 1. The number of ether oxygens (including phenoxy) is 1. The fraction of sp³-hybridized carbons (Fsp3) is 0.250. The number of hydrogen-bond donors (Lipinski definition) is 2. The van der Waals surface area contributed by atoms with Crippen molar-refractivity contribution in [2.45, 2.75) is 19.8 Å². The predicted molar refractivity (Wildman–Crippen MR) is 93.8 cm³/mol. The van der Waals surface area contributed by atoms with E-state index in [9.17, 15) is 15.0 Å². The van der Waals surface area contributed by atoms with Gasteiger partial charge in [0.2, 0.25) is 0 Å². The van der Waals surface area contributed by atoms with Gasteiger partial charge < -0.3 is 14.9 Å². The third-order valence-electron chi connectivity index (χ3n) is 3.64. The van der Waals surface area contributed by atoms with Crippen molar-refractivity contribution in [3.63, 3.8) is 0 Å². The van der Waals surface area contributed by atoms with E-state index in [0.717, 1.165) is 22.3 Å². The van der Waals surface area contributed by atoms with Crippen molar-refractivity contribution in [3.8, 4) is 16.9 Å². The number of carbonyl (C=O) groups excluding carboxylic acids is 1. The van der Waals surface area contributed by atoms with Crippen LogP contribution in [0.1, 0.15) is 25.3 Å². The van der Waals surface area contributed by atoms with Crippen molar-refractivity contribution in [2.75, 3.05) is 13.2 Å². The highest BCUT2D eigenvalue weighted by Crippen LogP contribution is 2.24. The van der Waals surface area contributed by atoms with Gasteiger partial charge in [-0.2, -0.15) is 0 Å². The van der Waals surface area contributed by atoms with Gasteiger partial charge >= 0.3 is 5.97 Å². The first-order valence-electron chi connectivity index (χ1n) is 7.81. The molecule has 126 valence electrons. The number of aliphatic hydroxyl groups excluding tert-OH is 1. The van der Waals surface area contributed by atoms with Crippen LogP contribution in [0.3, 0.4) is 0 Å². The van der Waals surface area contributed by atoms with Crippen LogP contribution in [0.2, 0.25) is 0 Å². The first-order valence-corrected chi connectivity index (χ1v) is 7.81. The Morgan fingerprint density at radius 1 is 1.04 bits per heavy atom. The SMILES string of the molecule is CC(C)=CC(=O)OCC(CO)c1ccc(-c2ccc(O)cc2)cc1. The Bertz CT molecular complexity index is 695. The molecule has 0 bridgehead atoms. The van der Waals surface area contributed by atoms with Crippen LogP contribution < -0.4 is 0 Å². The Kier molecular flexibility index (Phi) is 6.15. The van der Waals surface area contributed by atoms with Gasteiger partial charge in [0.05, 0.1) is 6.61 Å². The summed E-state index contributed by atoms with van der Waals surface area (Å²) in [6.07, 6.45) is 1.43. The van der Waals surface area contributed by atoms with E-state index in [4.69, 9.17) is 4.74 Å². The molecule has 1 unspecified atom stereocenters. The molecule has 4 heteroatoms. The zero-order chi connectivity index (χ0) is 17.5. The lowest BCUT2D eigenvalue weighted by Crippen LogP contribution is -2.14. The molecule has 2 aromatic rings. The number of aliphatic hydroxyl groups is 1. The third kappa shape index (κ3) is 4.96. The lowest BCUT2D eigenvalue weighted by Gasteiger charge is -2.15. The summed E-state index contributed by atoms with van der Waals surface area (Å²) in [5.74, 6) is -0.420. The van der Waals surface area contributed by atoms with Gasteiger partial charge in [0.25, 0.3) is 0 Å². The topological polar surface area (TPSA) is 66.8 Å². The number of phenolic OH excluding ortho intramolecular Hbond substituents is 1. The Morgan fingerprint density at radius 2 is 1.58 bits per heavy atom. The van der Waals surface area contributed by atoms with Crippen LogP contribution >= 0.6 is 0 Å². The summed E-state index contributed by atoms with van der Waals surface area (Å²) in [6.45, 7) is 3.69. The summed E-state index contributed by atoms with van der Waals surface area (Å²) in [5.41, 5.74) is 3.79. The molecule has 4 nitrogen and oxygen atoms in total. The molecule has 0 aliphatic rings. The Hall–Kier alpha value is -2.59. The van der Waals surface area contributed by atoms with Crippen molar-refractivity contribution >= 4 is 5.97 Å². The number of esters is 1. The van der Waals surface area contributed by atoms with Crippen LogP contribution in [0.5, 0.6) is 5.75 Å². The van der Waals surface area contributed by atoms with Crippen molar-refractivity contribution in [1.29, 1.82) is 0 Å². The molecule has 0 radical (unpaired) electrons. The molecule has 2 rings (SSSR count). The summed E-state index contributed by atoms with van der Waals surface area (Å²) in [7, 11) is 0. The summed E-state index contributed by atoms with van der Waals surface area (Å²) in [6, 6.07) is 14.7. The standard InChI is InChI=1S/C20H22O4/c1-14(2)11-20(23)24-13-18(12-21)17-5-3-15(4-6-17)16-7-9-19(22)10-8-16/h3-11,18,21-22H,12-13H2,1-2H3. The van der Waals surface area contributed by atoms with E-state index < -0.39 is 5.97 Å². The minimum atomic E-state index is -0.394. The lowest BCUT2D eigenvalue weighted by atomic mass is 9.97. The fourth-order valence-corrected chi connectivity index (χ4v) is 2.32. The molecular formula is C20H22O4. The monoisotopic (exact) mass is 326 g/mol. The first kappa shape index (κ1) is 17.8. The molecule has 0 aliphatic carbocycles. The molecule has 1 atom stereocenters. The number of benzene rings is 2. The zero-order valence-corrected chi connectivity index (χ0v) is 13.9. The third-order valence-corrected chi connectivity index (χ3v) is 3.64. The Labute approximate surface area is 142 Å². The average Bonchev–Trinajstić information content (AvgIpc) is 2.56. The summed E-state index contributed by atoms with van der Waals surface area (Å²) in [5, 5.41) is 18.9. The first-order chi connectivity index (χ1) is 11.5. The minimum absolute atomic E-state index is 0.0966. The number of carbonyl (C=O) groups is 1. The Morgan fingerprint density at radius 3 is 2.08 bits per heavy atom. The van der Waals surface area contributed by atoms with E-state index in [1.54, 1.807) is 12.1 Å². The maximum atomic E-state index is 11.6. The van der Waals surface area contributed by atoms with Crippen LogP contribution in [0.15, 0.2) is 60.2 Å². The quantitative estimate of drug-likeness (QED) is 0.628. The molecule has 0 fully saturated rings. The summed E-state index contributed by atoms with van der Waals surface area (Å²) >= 11 is 0. The molecule has 2 N–H and O–H groups in total. The molecule has 0 aliphatic heterocycles. The molecule has 2 aromatic carbocycles. The van der Waals surface area contributed by atoms with E-state index in [2.05, 4.69) is 0 Å². The normalized spacial score (nSPS) is 11.6. The van der Waals surface area contributed by atoms with Crippen LogP contribution in [0, 0.1) is 0 Å². The van der Waals surface area contributed by atoms with E-state index in [-0.39, 0.29) is 24.9 Å². The second-order valence-corrected chi connectivity index (χ2v) is 5.90. The van der Waals surface area contributed by atoms with Gasteiger partial charge in [-0.1, -0.05) is 42.0 Å². The molecule has 0 saturated carbocycles. The maximum absolute atomic E-state index is 11.6. The van der Waals surface area contributed by atoms with Crippen molar-refractivity contribution in [1.82, 2.24) is 0 Å². The van der Waals surface area contributed by atoms with Gasteiger partial charge in [0.15, 0.2) is 0 Å². The molecule has 0 spiro atoms. The molecule has 0 saturated heterocycles. The summed E-state index contributed by atoms with van der Waals surface area (Å²) < 4.78 is 5.19. The minimum Gasteiger partial charge on any atom is -0.508 e. The van der Waals surface area contributed by atoms with E-state index >= 15 is 0 Å². The summed E-state index contributed by atoms with van der Waals surface area (Å²) in [4.78, 5) is 11.6. The molecule has 0 heterocycles. The van der Waals surface area contributed by atoms with Crippen molar-refractivity contribution < 1.29 is 19.7 Å². The number of phenols is 1. The predicted octanol–water partition coefficient (Wildman–Crippen LogP) is 3.64. The average molecular weight is 326 g/mol. The van der Waals surface area contributed by atoms with Crippen LogP contribution in [-0.4, -0.2) is 29.4 Å². The van der Waals surface area contributed by atoms with E-state index in [1.165, 1.54) is 6.08 Å². The van der Waals surface area contributed by atoms with Crippen LogP contribution in [-0.2, 0) is 9.53 Å². The molecular weight excluding hydrogens is 304 g/mol. The molecule has 0 aromatic heterocycles. The number of rotatable bonds is 6. The van der Waals surface area contributed by atoms with Gasteiger partial charge in [-0.05, 0) is 42.7 Å². The lowest BCUT2D eigenvalue weighted by molar-refractivity contribution is -0.138. The number of allylic oxidation sites excluding steroid dienone is 1. The Balaban J connectivity index is 2.06. The molecule has 0 amide bonds. The number of hydrogen-bond acceptors (Lipinski definition) is 4. The van der Waals surface area contributed by atoms with Crippen LogP contribution in [0.25, 0.3) is 11.1 Å². The highest BCUT2D eigenvalue weighted by Gasteiger charge is 2.13. The van der Waals surface area contributed by atoms with Gasteiger partial charge in [-0.25, -0.2) is 4.79 Å². The van der Waals surface area contributed by atoms with Crippen LogP contribution in [0.4, 0.5) is 0 Å². The highest BCUT2D eigenvalue weighted by atomic mass is 16.5. The zero-order valence-electron chi connectivity index (χ0n) is 13.9.